The molecule has 11 atom stereocenters. The molecule has 4 rings (SSSR count). The lowest BCUT2D eigenvalue weighted by atomic mass is 9.43. The minimum absolute atomic E-state index is 0.200. The van der Waals surface area contributed by atoms with Gasteiger partial charge in [-0.25, -0.2) is 0 Å². The Hall–Kier alpha value is 0.400. The predicted molar refractivity (Wildman–Crippen MR) is 129 cm³/mol. The number of halogens is 1. The summed E-state index contributed by atoms with van der Waals surface area (Å²) in [5.74, 6) is 4.80. The molecule has 0 radical (unpaired) electrons. The number of rotatable bonds is 5. The Kier molecular flexibility index (Phi) is 6.78. The lowest BCUT2D eigenvalue weighted by Crippen LogP contribution is -2.62. The number of aliphatic hydroxyl groups is 2. The van der Waals surface area contributed by atoms with Gasteiger partial charge < -0.3 is 10.2 Å². The first-order valence-corrected chi connectivity index (χ1v) is 14.0. The van der Waals surface area contributed by atoms with Gasteiger partial charge in [0.15, 0.2) is 0 Å². The van der Waals surface area contributed by atoms with Crippen LogP contribution in [0.4, 0.5) is 0 Å². The van der Waals surface area contributed by atoms with Gasteiger partial charge in [-0.2, -0.15) is 0 Å². The molecule has 0 aromatic heterocycles. The quantitative estimate of drug-likeness (QED) is 0.422. The number of hydrogen-bond acceptors (Lipinski definition) is 2. The van der Waals surface area contributed by atoms with Crippen molar-refractivity contribution in [1.29, 1.82) is 0 Å². The Bertz CT molecular complexity index is 608. The van der Waals surface area contributed by atoms with Gasteiger partial charge in [0.1, 0.15) is 0 Å². The first kappa shape index (κ1) is 23.6. The van der Waals surface area contributed by atoms with Crippen LogP contribution in [0.25, 0.3) is 0 Å². The first-order chi connectivity index (χ1) is 14.1. The Balaban J connectivity index is 1.54. The average Bonchev–Trinajstić information content (AvgIpc) is 3.04. The van der Waals surface area contributed by atoms with Gasteiger partial charge >= 0.3 is 0 Å². The minimum Gasteiger partial charge on any atom is -0.393 e. The summed E-state index contributed by atoms with van der Waals surface area (Å²) in [5, 5.41) is 21.7. The Morgan fingerprint density at radius 3 is 2.23 bits per heavy atom. The van der Waals surface area contributed by atoms with E-state index >= 15 is 0 Å². The van der Waals surface area contributed by atoms with E-state index in [-0.39, 0.29) is 28.4 Å². The Labute approximate surface area is 194 Å². The Morgan fingerprint density at radius 1 is 0.867 bits per heavy atom. The summed E-state index contributed by atoms with van der Waals surface area (Å²) < 4.78 is 0. The molecule has 4 saturated carbocycles. The van der Waals surface area contributed by atoms with Gasteiger partial charge in [-0.3, -0.25) is 0 Å². The lowest BCUT2D eigenvalue weighted by Gasteiger charge is -2.64. The van der Waals surface area contributed by atoms with Crippen LogP contribution in [-0.2, 0) is 0 Å². The van der Waals surface area contributed by atoms with Gasteiger partial charge in [-0.1, -0.05) is 69.8 Å². The van der Waals surface area contributed by atoms with E-state index < -0.39 is 0 Å². The maximum Gasteiger partial charge on any atom is 0.0702 e. The third-order valence-corrected chi connectivity index (χ3v) is 12.0. The van der Waals surface area contributed by atoms with E-state index in [1.807, 2.05) is 0 Å². The monoisotopic (exact) mass is 482 g/mol. The number of fused-ring (bicyclic) bond motifs is 5. The minimum atomic E-state index is -0.309. The number of aliphatic hydroxyl groups excluding tert-OH is 2. The van der Waals surface area contributed by atoms with Gasteiger partial charge in [-0.05, 0) is 97.2 Å². The fraction of sp³-hybridized carbons (Fsp3) is 1.00. The second-order valence-corrected chi connectivity index (χ2v) is 13.9. The maximum atomic E-state index is 11.4. The topological polar surface area (TPSA) is 40.5 Å². The SMILES string of the molecule is CC(C)CCC[C@@H](C)[C@H]1CC[C@H]2[C@@H]3[C@H](Br)[C@@H](O)C4C[C@@H](O)CC[C@]4(C)[C@H]3CC[C@]12C. The van der Waals surface area contributed by atoms with Crippen LogP contribution >= 0.6 is 15.9 Å². The molecule has 0 heterocycles. The van der Waals surface area contributed by atoms with Crippen LogP contribution in [-0.4, -0.2) is 27.2 Å². The molecule has 4 fully saturated rings. The molecule has 0 saturated heterocycles. The second kappa shape index (κ2) is 8.64. The zero-order valence-electron chi connectivity index (χ0n) is 20.1. The van der Waals surface area contributed by atoms with Crippen molar-refractivity contribution in [2.24, 2.45) is 52.3 Å². The van der Waals surface area contributed by atoms with Gasteiger partial charge in [0.05, 0.1) is 12.2 Å². The highest BCUT2D eigenvalue weighted by Gasteiger charge is 2.64. The summed E-state index contributed by atoms with van der Waals surface area (Å²) in [7, 11) is 0. The standard InChI is InChI=1S/C27H47BrO2/c1-16(2)7-6-8-17(3)19-9-10-20-23-21(12-14-26(19,20)4)27(5)13-11-18(29)15-22(27)25(30)24(23)28/h16-25,29-30H,6-15H2,1-5H3/t17-,18+,19-,20+,21+,22?,23+,24+,25+,26-,27-/m1/s1. The normalized spacial score (nSPS) is 51.9. The smallest absolute Gasteiger partial charge is 0.0702 e. The van der Waals surface area contributed by atoms with Crippen molar-refractivity contribution in [3.8, 4) is 0 Å². The zero-order chi connectivity index (χ0) is 21.8. The molecule has 0 aromatic carbocycles. The van der Waals surface area contributed by atoms with Crippen LogP contribution in [0.5, 0.6) is 0 Å². The van der Waals surface area contributed by atoms with Crippen molar-refractivity contribution in [3.63, 3.8) is 0 Å². The van der Waals surface area contributed by atoms with Crippen molar-refractivity contribution in [2.45, 2.75) is 116 Å². The van der Waals surface area contributed by atoms with E-state index in [4.69, 9.17) is 0 Å². The molecule has 2 nitrogen and oxygen atoms in total. The van der Waals surface area contributed by atoms with Gasteiger partial charge in [0, 0.05) is 4.83 Å². The molecule has 2 N–H and O–H groups in total. The predicted octanol–water partition coefficient (Wildman–Crippen LogP) is 6.81. The van der Waals surface area contributed by atoms with Crippen LogP contribution in [0.3, 0.4) is 0 Å². The number of alkyl halides is 1. The van der Waals surface area contributed by atoms with E-state index in [1.165, 1.54) is 44.9 Å². The molecule has 0 aliphatic heterocycles. The van der Waals surface area contributed by atoms with Crippen molar-refractivity contribution >= 4 is 15.9 Å². The summed E-state index contributed by atoms with van der Waals surface area (Å²) in [5.41, 5.74) is 0.650. The van der Waals surface area contributed by atoms with Crippen molar-refractivity contribution < 1.29 is 10.2 Å². The van der Waals surface area contributed by atoms with Crippen molar-refractivity contribution in [3.05, 3.63) is 0 Å². The molecule has 4 aliphatic carbocycles. The van der Waals surface area contributed by atoms with E-state index in [2.05, 4.69) is 50.5 Å². The summed E-state index contributed by atoms with van der Waals surface area (Å²) >= 11 is 4.05. The van der Waals surface area contributed by atoms with Crippen LogP contribution in [0.15, 0.2) is 0 Å². The summed E-state index contributed by atoms with van der Waals surface area (Å²) in [6.07, 6.45) is 11.9. The highest BCUT2D eigenvalue weighted by Crippen LogP contribution is 2.69. The molecular weight excluding hydrogens is 436 g/mol. The fourth-order valence-electron chi connectivity index (χ4n) is 9.22. The van der Waals surface area contributed by atoms with E-state index in [0.717, 1.165) is 42.9 Å². The Morgan fingerprint density at radius 2 is 1.53 bits per heavy atom. The molecule has 0 amide bonds. The maximum absolute atomic E-state index is 11.4. The molecule has 0 spiro atoms. The molecule has 1 unspecified atom stereocenters. The first-order valence-electron chi connectivity index (χ1n) is 13.1. The fourth-order valence-corrected chi connectivity index (χ4v) is 10.3. The van der Waals surface area contributed by atoms with Crippen LogP contribution in [0.2, 0.25) is 0 Å². The van der Waals surface area contributed by atoms with Crippen LogP contribution in [0, 0.1) is 52.3 Å². The molecule has 4 aliphatic rings. The second-order valence-electron chi connectivity index (χ2n) is 12.8. The lowest BCUT2D eigenvalue weighted by molar-refractivity contribution is -0.167. The molecule has 0 bridgehead atoms. The van der Waals surface area contributed by atoms with Crippen LogP contribution in [0.1, 0.15) is 98.8 Å². The van der Waals surface area contributed by atoms with Gasteiger partial charge in [-0.15, -0.1) is 0 Å². The van der Waals surface area contributed by atoms with E-state index in [9.17, 15) is 10.2 Å². The van der Waals surface area contributed by atoms with E-state index in [0.29, 0.717) is 17.3 Å². The third kappa shape index (κ3) is 3.75. The molecule has 0 aromatic rings. The third-order valence-electron chi connectivity index (χ3n) is 10.9. The van der Waals surface area contributed by atoms with E-state index in [1.54, 1.807) is 0 Å². The van der Waals surface area contributed by atoms with Crippen LogP contribution < -0.4 is 0 Å². The number of hydrogen-bond donors (Lipinski definition) is 2. The molecular formula is C27H47BrO2. The summed E-state index contributed by atoms with van der Waals surface area (Å²) in [6.45, 7) is 12.3. The summed E-state index contributed by atoms with van der Waals surface area (Å²) in [6, 6.07) is 0. The summed E-state index contributed by atoms with van der Waals surface area (Å²) in [4.78, 5) is 0.200. The van der Waals surface area contributed by atoms with Crippen molar-refractivity contribution in [2.75, 3.05) is 0 Å². The highest BCUT2D eigenvalue weighted by atomic mass is 79.9. The highest BCUT2D eigenvalue weighted by molar-refractivity contribution is 9.09. The zero-order valence-corrected chi connectivity index (χ0v) is 21.7. The largest absolute Gasteiger partial charge is 0.393 e. The molecule has 30 heavy (non-hydrogen) atoms. The molecule has 3 heteroatoms. The van der Waals surface area contributed by atoms with Gasteiger partial charge in [0.2, 0.25) is 0 Å². The average molecular weight is 484 g/mol. The van der Waals surface area contributed by atoms with Gasteiger partial charge in [0.25, 0.3) is 0 Å². The van der Waals surface area contributed by atoms with Crippen molar-refractivity contribution in [1.82, 2.24) is 0 Å². The molecule has 174 valence electrons.